The molecule has 4 N–H and O–H groups in total. The lowest BCUT2D eigenvalue weighted by Gasteiger charge is -2.23. The molecule has 7 heteroatoms. The first-order chi connectivity index (χ1) is 13.8. The van der Waals surface area contributed by atoms with Crippen molar-refractivity contribution >= 4 is 17.8 Å². The molecule has 0 radical (unpaired) electrons. The molecular weight excluding hydrogens is 384 g/mol. The summed E-state index contributed by atoms with van der Waals surface area (Å²) >= 11 is 0. The quantitative estimate of drug-likeness (QED) is 0.501. The van der Waals surface area contributed by atoms with Gasteiger partial charge in [0.2, 0.25) is 5.91 Å². The van der Waals surface area contributed by atoms with Gasteiger partial charge in [-0.25, -0.2) is 4.79 Å². The van der Waals surface area contributed by atoms with Gasteiger partial charge in [0.25, 0.3) is 0 Å². The van der Waals surface area contributed by atoms with Crippen LogP contribution in [0.5, 0.6) is 0 Å². The van der Waals surface area contributed by atoms with Crippen molar-refractivity contribution in [1.82, 2.24) is 5.32 Å². The summed E-state index contributed by atoms with van der Waals surface area (Å²) < 4.78 is 5.20. The third-order valence-electron chi connectivity index (χ3n) is 4.61. The summed E-state index contributed by atoms with van der Waals surface area (Å²) in [7, 11) is 0. The van der Waals surface area contributed by atoms with Crippen molar-refractivity contribution < 1.29 is 24.2 Å². The van der Waals surface area contributed by atoms with E-state index in [1.165, 1.54) is 5.56 Å². The Morgan fingerprint density at radius 2 is 1.63 bits per heavy atom. The van der Waals surface area contributed by atoms with Gasteiger partial charge in [0.15, 0.2) is 0 Å². The monoisotopic (exact) mass is 420 g/mol. The lowest BCUT2D eigenvalue weighted by Crippen LogP contribution is -2.44. The largest absolute Gasteiger partial charge is 0.480 e. The second-order valence-electron chi connectivity index (χ2n) is 9.18. The van der Waals surface area contributed by atoms with Crippen molar-refractivity contribution in [1.29, 1.82) is 0 Å². The maximum absolute atomic E-state index is 12.6. The van der Waals surface area contributed by atoms with E-state index in [0.717, 1.165) is 12.0 Å². The second-order valence-corrected chi connectivity index (χ2v) is 9.18. The molecule has 0 aliphatic carbocycles. The van der Waals surface area contributed by atoms with E-state index in [-0.39, 0.29) is 18.7 Å². The van der Waals surface area contributed by atoms with E-state index in [9.17, 15) is 19.5 Å². The zero-order valence-electron chi connectivity index (χ0n) is 18.9. The Morgan fingerprint density at radius 3 is 2.10 bits per heavy atom. The molecule has 0 spiro atoms. The fraction of sp³-hybridized carbons (Fsp3) is 0.609. The van der Waals surface area contributed by atoms with Gasteiger partial charge in [-0.15, -0.1) is 0 Å². The molecule has 1 aromatic rings. The number of benzene rings is 1. The molecule has 0 fully saturated rings. The van der Waals surface area contributed by atoms with Gasteiger partial charge in [-0.3, -0.25) is 9.59 Å². The van der Waals surface area contributed by atoms with Gasteiger partial charge in [0, 0.05) is 0 Å². The van der Waals surface area contributed by atoms with Gasteiger partial charge in [-0.2, -0.15) is 0 Å². The number of hydrogen-bond donors (Lipinski definition) is 3. The Hall–Kier alpha value is -2.41. The first-order valence-electron chi connectivity index (χ1n) is 10.4. The average molecular weight is 421 g/mol. The number of nitrogens with two attached hydrogens (primary N) is 1. The lowest BCUT2D eigenvalue weighted by atomic mass is 9.96. The van der Waals surface area contributed by atoms with E-state index < -0.39 is 35.5 Å². The van der Waals surface area contributed by atoms with Crippen LogP contribution in [0.2, 0.25) is 0 Å². The number of aliphatic carboxylic acids is 1. The Kier molecular flexibility index (Phi) is 9.49. The van der Waals surface area contributed by atoms with Crippen molar-refractivity contribution in [2.75, 3.05) is 0 Å². The third-order valence-corrected chi connectivity index (χ3v) is 4.61. The first kappa shape index (κ1) is 25.6. The predicted molar refractivity (Wildman–Crippen MR) is 116 cm³/mol. The Bertz CT molecular complexity index is 722. The smallest absolute Gasteiger partial charge is 0.326 e. The zero-order valence-corrected chi connectivity index (χ0v) is 18.9. The number of amides is 1. The molecule has 2 unspecified atom stereocenters. The molecule has 3 atom stereocenters. The highest BCUT2D eigenvalue weighted by Gasteiger charge is 2.27. The summed E-state index contributed by atoms with van der Waals surface area (Å²) in [5, 5.41) is 12.0. The van der Waals surface area contributed by atoms with Crippen LogP contribution in [0.1, 0.15) is 71.4 Å². The summed E-state index contributed by atoms with van der Waals surface area (Å²) in [5.74, 6) is -2.10. The van der Waals surface area contributed by atoms with E-state index in [2.05, 4.69) is 19.2 Å². The highest BCUT2D eigenvalue weighted by atomic mass is 16.6. The van der Waals surface area contributed by atoms with Crippen LogP contribution in [0.4, 0.5) is 0 Å². The standard InChI is InChI=1S/C23H36N2O5/c1-14(2)13-16-7-9-17(10-8-16)15(3)20(26)25-19(21(27)28)12-11-18(24)22(29)30-23(4,5)6/h7-10,14-15,18-19H,11-13,24H2,1-6H3,(H,25,26)(H,27,28)/t15?,18?,19-/m0/s1. The number of carboxylic acid groups (broad SMARTS) is 1. The molecule has 0 heterocycles. The fourth-order valence-electron chi connectivity index (χ4n) is 2.96. The van der Waals surface area contributed by atoms with Crippen molar-refractivity contribution in [2.45, 2.75) is 84.4 Å². The number of ether oxygens (including phenoxy) is 1. The van der Waals surface area contributed by atoms with Gasteiger partial charge in [0.1, 0.15) is 17.7 Å². The maximum atomic E-state index is 12.6. The number of carbonyl (C=O) groups excluding carboxylic acids is 2. The summed E-state index contributed by atoms with van der Waals surface area (Å²) in [5.41, 5.74) is 7.16. The van der Waals surface area contributed by atoms with E-state index in [1.807, 2.05) is 24.3 Å². The molecule has 1 aromatic carbocycles. The molecule has 0 aliphatic rings. The highest BCUT2D eigenvalue weighted by molar-refractivity contribution is 5.87. The minimum absolute atomic E-state index is 0.0293. The second kappa shape index (κ2) is 11.1. The number of carbonyl (C=O) groups is 3. The topological polar surface area (TPSA) is 119 Å². The Balaban J connectivity index is 2.68. The normalized spacial score (nSPS) is 14.7. The van der Waals surface area contributed by atoms with E-state index in [0.29, 0.717) is 5.92 Å². The van der Waals surface area contributed by atoms with Crippen LogP contribution >= 0.6 is 0 Å². The summed E-state index contributed by atoms with van der Waals surface area (Å²) in [6, 6.07) is 5.70. The van der Waals surface area contributed by atoms with Gasteiger partial charge in [-0.05, 0) is 64.0 Å². The molecule has 0 aliphatic heterocycles. The molecular formula is C23H36N2O5. The predicted octanol–water partition coefficient (Wildman–Crippen LogP) is 3.01. The van der Waals surface area contributed by atoms with E-state index >= 15 is 0 Å². The first-order valence-corrected chi connectivity index (χ1v) is 10.4. The number of rotatable bonds is 10. The molecule has 0 saturated heterocycles. The molecule has 1 amide bonds. The molecule has 1 rings (SSSR count). The zero-order chi connectivity index (χ0) is 23.1. The molecule has 0 aromatic heterocycles. The minimum atomic E-state index is -1.17. The number of esters is 1. The third kappa shape index (κ3) is 8.95. The number of carboxylic acids is 1. The van der Waals surface area contributed by atoms with Gasteiger partial charge in [0.05, 0.1) is 5.92 Å². The van der Waals surface area contributed by atoms with Gasteiger partial charge < -0.3 is 20.9 Å². The SMILES string of the molecule is CC(C)Cc1ccc(C(C)C(=O)N[C@@H](CCC(N)C(=O)OC(C)(C)C)C(=O)O)cc1. The van der Waals surface area contributed by atoms with Crippen LogP contribution < -0.4 is 11.1 Å². The van der Waals surface area contributed by atoms with Gasteiger partial charge >= 0.3 is 11.9 Å². The summed E-state index contributed by atoms with van der Waals surface area (Å²) in [6.45, 7) is 11.2. The molecule has 0 saturated carbocycles. The molecule has 0 bridgehead atoms. The molecule has 168 valence electrons. The van der Waals surface area contributed by atoms with Crippen LogP contribution in [0.3, 0.4) is 0 Å². The van der Waals surface area contributed by atoms with Crippen LogP contribution in [0, 0.1) is 5.92 Å². The van der Waals surface area contributed by atoms with Crippen molar-refractivity contribution in [3.8, 4) is 0 Å². The van der Waals surface area contributed by atoms with E-state index in [1.54, 1.807) is 27.7 Å². The van der Waals surface area contributed by atoms with Crippen molar-refractivity contribution in [3.05, 3.63) is 35.4 Å². The summed E-state index contributed by atoms with van der Waals surface area (Å²) in [6.07, 6.45) is 1.08. The minimum Gasteiger partial charge on any atom is -0.480 e. The molecule has 30 heavy (non-hydrogen) atoms. The van der Waals surface area contributed by atoms with Crippen LogP contribution in [0.15, 0.2) is 24.3 Å². The van der Waals surface area contributed by atoms with Gasteiger partial charge in [-0.1, -0.05) is 38.1 Å². The Morgan fingerprint density at radius 1 is 1.07 bits per heavy atom. The van der Waals surface area contributed by atoms with Crippen molar-refractivity contribution in [3.63, 3.8) is 0 Å². The van der Waals surface area contributed by atoms with E-state index in [4.69, 9.17) is 10.5 Å². The highest BCUT2D eigenvalue weighted by Crippen LogP contribution is 2.18. The van der Waals surface area contributed by atoms with Crippen LogP contribution in [0.25, 0.3) is 0 Å². The fourth-order valence-corrected chi connectivity index (χ4v) is 2.96. The lowest BCUT2D eigenvalue weighted by molar-refractivity contribution is -0.157. The molecule has 7 nitrogen and oxygen atoms in total. The maximum Gasteiger partial charge on any atom is 0.326 e. The van der Waals surface area contributed by atoms with Crippen molar-refractivity contribution in [2.24, 2.45) is 11.7 Å². The van der Waals surface area contributed by atoms with Crippen LogP contribution in [-0.2, 0) is 25.5 Å². The average Bonchev–Trinajstić information content (AvgIpc) is 2.62. The number of hydrogen-bond acceptors (Lipinski definition) is 5. The van der Waals surface area contributed by atoms with Crippen LogP contribution in [-0.4, -0.2) is 40.6 Å². The number of nitrogens with one attached hydrogen (secondary N) is 1. The Labute approximate surface area is 179 Å². The summed E-state index contributed by atoms with van der Waals surface area (Å²) in [4.78, 5) is 36.1.